The second kappa shape index (κ2) is 21.1. The van der Waals surface area contributed by atoms with Crippen LogP contribution in [0.4, 0.5) is 0 Å². The van der Waals surface area contributed by atoms with Crippen molar-refractivity contribution in [2.75, 3.05) is 25.2 Å². The first-order chi connectivity index (χ1) is 24.3. The van der Waals surface area contributed by atoms with Crippen molar-refractivity contribution < 1.29 is 38.5 Å². The Hall–Kier alpha value is -5.20. The van der Waals surface area contributed by atoms with Gasteiger partial charge in [0.1, 0.15) is 16.8 Å². The molecule has 0 saturated carbocycles. The van der Waals surface area contributed by atoms with E-state index in [9.17, 15) is 24.3 Å². The van der Waals surface area contributed by atoms with E-state index in [1.807, 2.05) is 12.1 Å². The molecule has 0 fully saturated rings. The molecule has 0 heterocycles. The van der Waals surface area contributed by atoms with Crippen LogP contribution in [0, 0.1) is 36.5 Å². The van der Waals surface area contributed by atoms with Gasteiger partial charge in [0.15, 0.2) is 18.2 Å². The molecule has 4 aromatic rings. The van der Waals surface area contributed by atoms with Gasteiger partial charge < -0.3 is 19.3 Å². The summed E-state index contributed by atoms with van der Waals surface area (Å²) in [6.07, 6.45) is 0. The number of aromatic hydroxyl groups is 1. The number of carbonyl (C=O) groups is 4. The van der Waals surface area contributed by atoms with Gasteiger partial charge in [0.2, 0.25) is 0 Å². The number of rotatable bonds is 10. The molecule has 51 heavy (non-hydrogen) atoms. The number of ketones is 2. The van der Waals surface area contributed by atoms with E-state index in [0.717, 1.165) is 11.1 Å². The summed E-state index contributed by atoms with van der Waals surface area (Å²) in [4.78, 5) is 46.8. The summed E-state index contributed by atoms with van der Waals surface area (Å²) in [5.74, 6) is -1.35. The molecule has 0 aromatic heterocycles. The number of aryl methyl sites for hydroxylation is 2. The Morgan fingerprint density at radius 1 is 0.706 bits per heavy atom. The molecule has 0 aliphatic rings. The highest BCUT2D eigenvalue weighted by Gasteiger charge is 2.18. The summed E-state index contributed by atoms with van der Waals surface area (Å²) in [5, 5.41) is 28.7. The lowest BCUT2D eigenvalue weighted by Gasteiger charge is -2.11. The highest BCUT2D eigenvalue weighted by molar-refractivity contribution is 9.09. The maximum atomic E-state index is 12.8. The van der Waals surface area contributed by atoms with E-state index in [4.69, 9.17) is 43.2 Å². The fourth-order valence-corrected chi connectivity index (χ4v) is 4.81. The average molecular weight is 796 g/mol. The molecule has 4 rings (SSSR count). The van der Waals surface area contributed by atoms with Crippen molar-refractivity contribution in [1.82, 2.24) is 0 Å². The standard InChI is InChI=1S/C19H16ClNO4.C15H10ClNO2.C4H7BrO2/c1-3-24-18(22)11-25-17-5-4-15(20)9-16(17)19(23)14-7-12(2)6-13(8-14)10-21;1-9-4-10(8-17)6-11(5-9)15(19)13-7-12(16)2-3-14(13)18;1-2-7-4(6)3-5/h4-9H,3,11H2,1-2H3;2-7,18H,1H3;2-3H2,1H3. The number of nitrogens with zero attached hydrogens (tertiary/aromatic N) is 2. The molecule has 1 N–H and O–H groups in total. The van der Waals surface area contributed by atoms with Crippen LogP contribution in [0.25, 0.3) is 0 Å². The Morgan fingerprint density at radius 2 is 1.18 bits per heavy atom. The quantitative estimate of drug-likeness (QED) is 0.0943. The van der Waals surface area contributed by atoms with Gasteiger partial charge in [0.25, 0.3) is 0 Å². The lowest BCUT2D eigenvalue weighted by molar-refractivity contribution is -0.145. The van der Waals surface area contributed by atoms with Crippen LogP contribution in [0.15, 0.2) is 72.8 Å². The fraction of sp³-hybridized carbons (Fsp3) is 0.211. The zero-order valence-electron chi connectivity index (χ0n) is 28.1. The number of benzene rings is 4. The number of phenols is 1. The number of carbonyl (C=O) groups excluding carboxylic acids is 4. The highest BCUT2D eigenvalue weighted by atomic mass is 79.9. The first-order valence-electron chi connectivity index (χ1n) is 15.2. The van der Waals surface area contributed by atoms with E-state index in [1.54, 1.807) is 58.0 Å². The second-order valence-corrected chi connectivity index (χ2v) is 11.8. The van der Waals surface area contributed by atoms with Gasteiger partial charge in [-0.05, 0) is 112 Å². The van der Waals surface area contributed by atoms with Crippen LogP contribution in [0.3, 0.4) is 0 Å². The van der Waals surface area contributed by atoms with E-state index >= 15 is 0 Å². The van der Waals surface area contributed by atoms with Gasteiger partial charge in [-0.1, -0.05) is 39.1 Å². The highest BCUT2D eigenvalue weighted by Crippen LogP contribution is 2.27. The lowest BCUT2D eigenvalue weighted by atomic mass is 9.98. The molecular formula is C38H33BrCl2N2O8. The molecule has 10 nitrogen and oxygen atoms in total. The van der Waals surface area contributed by atoms with Crippen LogP contribution in [0.5, 0.6) is 11.5 Å². The van der Waals surface area contributed by atoms with Crippen LogP contribution < -0.4 is 4.74 Å². The first-order valence-corrected chi connectivity index (χ1v) is 17.0. The Labute approximate surface area is 314 Å². The third-order valence-corrected chi connectivity index (χ3v) is 7.32. The Balaban J connectivity index is 0.000000305. The number of alkyl halides is 1. The number of phenolic OH excluding ortho intramolecular Hbond substituents is 1. The molecule has 4 aromatic carbocycles. The molecule has 0 saturated heterocycles. The van der Waals surface area contributed by atoms with E-state index in [2.05, 4.69) is 20.7 Å². The molecule has 0 radical (unpaired) electrons. The topological polar surface area (TPSA) is 164 Å². The molecule has 0 aliphatic heterocycles. The minimum atomic E-state index is -0.529. The molecule has 13 heteroatoms. The second-order valence-electron chi connectivity index (χ2n) is 10.4. The van der Waals surface area contributed by atoms with Crippen LogP contribution in [0.1, 0.15) is 67.9 Å². The predicted molar refractivity (Wildman–Crippen MR) is 196 cm³/mol. The molecule has 0 aliphatic carbocycles. The molecular weight excluding hydrogens is 763 g/mol. The first kappa shape index (κ1) is 42.0. The number of hydrogen-bond donors (Lipinski definition) is 1. The maximum Gasteiger partial charge on any atom is 0.344 e. The summed E-state index contributed by atoms with van der Waals surface area (Å²) in [6.45, 7) is 7.47. The molecule has 0 atom stereocenters. The Kier molecular flexibility index (Phi) is 17.4. The van der Waals surface area contributed by atoms with Gasteiger partial charge in [-0.2, -0.15) is 10.5 Å². The van der Waals surface area contributed by atoms with Gasteiger partial charge in [0, 0.05) is 21.2 Å². The van der Waals surface area contributed by atoms with E-state index in [0.29, 0.717) is 44.2 Å². The minimum absolute atomic E-state index is 0.127. The summed E-state index contributed by atoms with van der Waals surface area (Å²) < 4.78 is 14.7. The Morgan fingerprint density at radius 3 is 1.65 bits per heavy atom. The smallest absolute Gasteiger partial charge is 0.344 e. The van der Waals surface area contributed by atoms with Crippen molar-refractivity contribution in [2.45, 2.75) is 27.7 Å². The largest absolute Gasteiger partial charge is 0.507 e. The number of nitriles is 2. The van der Waals surface area contributed by atoms with Crippen molar-refractivity contribution in [1.29, 1.82) is 10.5 Å². The van der Waals surface area contributed by atoms with Crippen LogP contribution >= 0.6 is 39.1 Å². The molecule has 0 unspecified atom stereocenters. The van der Waals surface area contributed by atoms with Gasteiger partial charge in [-0.15, -0.1) is 0 Å². The fourth-order valence-electron chi connectivity index (χ4n) is 4.30. The Bertz CT molecular complexity index is 1990. The summed E-state index contributed by atoms with van der Waals surface area (Å²) in [6, 6.07) is 22.6. The summed E-state index contributed by atoms with van der Waals surface area (Å²) in [5.41, 5.74) is 3.44. The molecule has 264 valence electrons. The van der Waals surface area contributed by atoms with Crippen LogP contribution in [-0.4, -0.2) is 53.8 Å². The van der Waals surface area contributed by atoms with Crippen molar-refractivity contribution >= 4 is 62.6 Å². The zero-order valence-corrected chi connectivity index (χ0v) is 31.2. The normalized spacial score (nSPS) is 9.75. The lowest BCUT2D eigenvalue weighted by Crippen LogP contribution is -2.16. The molecule has 0 spiro atoms. The van der Waals surface area contributed by atoms with Crippen molar-refractivity contribution in [3.63, 3.8) is 0 Å². The van der Waals surface area contributed by atoms with Crippen LogP contribution in [0.2, 0.25) is 10.0 Å². The third-order valence-electron chi connectivity index (χ3n) is 6.39. The number of hydrogen-bond acceptors (Lipinski definition) is 10. The van der Waals surface area contributed by atoms with Gasteiger partial charge in [0.05, 0.1) is 47.6 Å². The maximum absolute atomic E-state index is 12.8. The number of ether oxygens (including phenoxy) is 3. The third kappa shape index (κ3) is 13.6. The van der Waals surface area contributed by atoms with E-state index < -0.39 is 5.97 Å². The van der Waals surface area contributed by atoms with E-state index in [1.165, 1.54) is 42.5 Å². The van der Waals surface area contributed by atoms with Gasteiger partial charge in [-0.3, -0.25) is 14.4 Å². The summed E-state index contributed by atoms with van der Waals surface area (Å²) in [7, 11) is 0. The van der Waals surface area contributed by atoms with Gasteiger partial charge >= 0.3 is 11.9 Å². The van der Waals surface area contributed by atoms with Gasteiger partial charge in [-0.25, -0.2) is 4.79 Å². The van der Waals surface area contributed by atoms with Crippen LogP contribution in [-0.2, 0) is 19.1 Å². The zero-order chi connectivity index (χ0) is 38.1. The SMILES string of the molecule is CCOC(=O)CBr.CCOC(=O)COc1ccc(Cl)cc1C(=O)c1cc(C)cc(C#N)c1.Cc1cc(C#N)cc(C(=O)c2cc(Cl)ccc2O)c1. The molecule has 0 amide bonds. The number of esters is 2. The van der Waals surface area contributed by atoms with Crippen molar-refractivity contribution in [3.8, 4) is 23.6 Å². The van der Waals surface area contributed by atoms with Crippen molar-refractivity contribution in [2.24, 2.45) is 0 Å². The van der Waals surface area contributed by atoms with E-state index in [-0.39, 0.29) is 53.4 Å². The minimum Gasteiger partial charge on any atom is -0.507 e. The summed E-state index contributed by atoms with van der Waals surface area (Å²) >= 11 is 14.8. The number of halogens is 3. The monoisotopic (exact) mass is 794 g/mol. The molecule has 0 bridgehead atoms. The average Bonchev–Trinajstić information content (AvgIpc) is 3.11. The predicted octanol–water partition coefficient (Wildman–Crippen LogP) is 8.09. The van der Waals surface area contributed by atoms with Crippen molar-refractivity contribution in [3.05, 3.63) is 127 Å².